The van der Waals surface area contributed by atoms with E-state index in [1.54, 1.807) is 7.11 Å². The SMILES string of the molecule is COc1ccc(C23CC4CC(CC(C(=O)Nc5nc(C)cs5)(C4)C2)C3)cc1. The maximum absolute atomic E-state index is 13.4. The van der Waals surface area contributed by atoms with E-state index in [1.165, 1.54) is 36.2 Å². The monoisotopic (exact) mass is 382 g/mol. The summed E-state index contributed by atoms with van der Waals surface area (Å²) in [6.07, 6.45) is 6.79. The Morgan fingerprint density at radius 3 is 2.48 bits per heavy atom. The first kappa shape index (κ1) is 17.2. The van der Waals surface area contributed by atoms with Gasteiger partial charge in [0.05, 0.1) is 18.2 Å². The molecule has 4 fully saturated rings. The highest BCUT2D eigenvalue weighted by Crippen LogP contribution is 2.66. The van der Waals surface area contributed by atoms with E-state index in [9.17, 15) is 4.79 Å². The third kappa shape index (κ3) is 2.78. The van der Waals surface area contributed by atoms with E-state index in [0.29, 0.717) is 11.8 Å². The molecule has 1 aromatic heterocycles. The summed E-state index contributed by atoms with van der Waals surface area (Å²) in [7, 11) is 1.71. The summed E-state index contributed by atoms with van der Waals surface area (Å²) in [6.45, 7) is 1.97. The number of hydrogen-bond donors (Lipinski definition) is 1. The molecule has 2 unspecified atom stereocenters. The third-order valence-corrected chi connectivity index (χ3v) is 7.96. The number of rotatable bonds is 4. The molecule has 1 heterocycles. The fourth-order valence-electron chi connectivity index (χ4n) is 6.45. The molecule has 4 nitrogen and oxygen atoms in total. The van der Waals surface area contributed by atoms with Crippen LogP contribution in [0.4, 0.5) is 5.13 Å². The van der Waals surface area contributed by atoms with Crippen molar-refractivity contribution in [2.45, 2.75) is 50.9 Å². The molecule has 4 bridgehead atoms. The second-order valence-corrected chi connectivity index (χ2v) is 9.86. The highest BCUT2D eigenvalue weighted by Gasteiger charge is 2.61. The molecule has 2 aromatic rings. The number of aryl methyl sites for hydroxylation is 1. The molecule has 4 aliphatic carbocycles. The van der Waals surface area contributed by atoms with Crippen LogP contribution in [-0.2, 0) is 10.2 Å². The first-order valence-electron chi connectivity index (χ1n) is 9.88. The van der Waals surface area contributed by atoms with Crippen LogP contribution < -0.4 is 10.1 Å². The molecule has 0 aliphatic heterocycles. The number of methoxy groups -OCH3 is 1. The minimum Gasteiger partial charge on any atom is -0.497 e. The number of benzene rings is 1. The Hall–Kier alpha value is -1.88. The molecule has 4 saturated carbocycles. The topological polar surface area (TPSA) is 51.2 Å². The molecular weight excluding hydrogens is 356 g/mol. The summed E-state index contributed by atoms with van der Waals surface area (Å²) < 4.78 is 5.34. The van der Waals surface area contributed by atoms with Crippen molar-refractivity contribution in [3.05, 3.63) is 40.9 Å². The van der Waals surface area contributed by atoms with E-state index in [1.807, 2.05) is 12.3 Å². The fraction of sp³-hybridized carbons (Fsp3) is 0.545. The average Bonchev–Trinajstić information content (AvgIpc) is 3.05. The molecule has 1 aromatic carbocycles. The highest BCUT2D eigenvalue weighted by atomic mass is 32.1. The summed E-state index contributed by atoms with van der Waals surface area (Å²) in [4.78, 5) is 17.8. The van der Waals surface area contributed by atoms with Crippen molar-refractivity contribution in [2.24, 2.45) is 17.3 Å². The highest BCUT2D eigenvalue weighted by molar-refractivity contribution is 7.13. The van der Waals surface area contributed by atoms with Gasteiger partial charge >= 0.3 is 0 Å². The number of ether oxygens (including phenoxy) is 1. The number of amides is 1. The van der Waals surface area contributed by atoms with Crippen LogP contribution in [0.2, 0.25) is 0 Å². The van der Waals surface area contributed by atoms with Gasteiger partial charge in [-0.2, -0.15) is 0 Å². The Kier molecular flexibility index (Phi) is 3.87. The van der Waals surface area contributed by atoms with Crippen LogP contribution in [-0.4, -0.2) is 18.0 Å². The smallest absolute Gasteiger partial charge is 0.232 e. The molecule has 0 spiro atoms. The van der Waals surface area contributed by atoms with Crippen molar-refractivity contribution in [1.29, 1.82) is 0 Å². The molecule has 5 heteroatoms. The maximum atomic E-state index is 13.4. The second kappa shape index (κ2) is 6.06. The quantitative estimate of drug-likeness (QED) is 0.815. The average molecular weight is 383 g/mol. The van der Waals surface area contributed by atoms with Crippen molar-refractivity contribution < 1.29 is 9.53 Å². The molecule has 142 valence electrons. The normalized spacial score (nSPS) is 33.9. The fourth-order valence-corrected chi connectivity index (χ4v) is 7.13. The number of anilines is 1. The molecule has 1 N–H and O–H groups in total. The largest absolute Gasteiger partial charge is 0.497 e. The molecular formula is C22H26N2O2S. The van der Waals surface area contributed by atoms with Crippen molar-refractivity contribution >= 4 is 22.4 Å². The number of nitrogens with one attached hydrogen (secondary N) is 1. The minimum absolute atomic E-state index is 0.145. The molecule has 0 radical (unpaired) electrons. The summed E-state index contributed by atoms with van der Waals surface area (Å²) in [5, 5.41) is 5.89. The van der Waals surface area contributed by atoms with Gasteiger partial charge < -0.3 is 10.1 Å². The Morgan fingerprint density at radius 2 is 1.89 bits per heavy atom. The van der Waals surface area contributed by atoms with Gasteiger partial charge in [0.2, 0.25) is 5.91 Å². The predicted molar refractivity (Wildman–Crippen MR) is 107 cm³/mol. The van der Waals surface area contributed by atoms with Crippen LogP contribution in [0.1, 0.15) is 49.8 Å². The maximum Gasteiger partial charge on any atom is 0.232 e. The molecule has 27 heavy (non-hydrogen) atoms. The third-order valence-electron chi connectivity index (χ3n) is 7.08. The summed E-state index contributed by atoms with van der Waals surface area (Å²) in [6, 6.07) is 8.58. The van der Waals surface area contributed by atoms with E-state index in [-0.39, 0.29) is 16.7 Å². The molecule has 6 rings (SSSR count). The molecule has 0 saturated heterocycles. The van der Waals surface area contributed by atoms with Gasteiger partial charge in [-0.3, -0.25) is 4.79 Å². The lowest BCUT2D eigenvalue weighted by Crippen LogP contribution is -2.57. The first-order valence-corrected chi connectivity index (χ1v) is 10.8. The van der Waals surface area contributed by atoms with Crippen molar-refractivity contribution in [1.82, 2.24) is 4.98 Å². The molecule has 1 amide bonds. The van der Waals surface area contributed by atoms with Gasteiger partial charge in [0.15, 0.2) is 5.13 Å². The van der Waals surface area contributed by atoms with E-state index < -0.39 is 0 Å². The van der Waals surface area contributed by atoms with Crippen LogP contribution >= 0.6 is 11.3 Å². The van der Waals surface area contributed by atoms with Crippen LogP contribution in [0.5, 0.6) is 5.75 Å². The number of thiazole rings is 1. The van der Waals surface area contributed by atoms with Gasteiger partial charge in [0.1, 0.15) is 5.75 Å². The van der Waals surface area contributed by atoms with Crippen LogP contribution in [0, 0.1) is 24.2 Å². The van der Waals surface area contributed by atoms with Crippen LogP contribution in [0.25, 0.3) is 0 Å². The Bertz CT molecular complexity index is 859. The van der Waals surface area contributed by atoms with E-state index in [0.717, 1.165) is 35.8 Å². The van der Waals surface area contributed by atoms with Gasteiger partial charge in [0, 0.05) is 5.38 Å². The number of hydrogen-bond acceptors (Lipinski definition) is 4. The Balaban J connectivity index is 1.46. The van der Waals surface area contributed by atoms with Crippen LogP contribution in [0.15, 0.2) is 29.6 Å². The zero-order valence-corrected chi connectivity index (χ0v) is 16.8. The van der Waals surface area contributed by atoms with E-state index in [2.05, 4.69) is 34.6 Å². The zero-order chi connectivity index (χ0) is 18.6. The predicted octanol–water partition coefficient (Wildman–Crippen LogP) is 4.94. The lowest BCUT2D eigenvalue weighted by Gasteiger charge is -2.61. The number of carbonyl (C=O) groups excluding carboxylic acids is 1. The number of nitrogens with zero attached hydrogens (tertiary/aromatic N) is 1. The Labute approximate surface area is 164 Å². The lowest BCUT2D eigenvalue weighted by atomic mass is 9.42. The lowest BCUT2D eigenvalue weighted by molar-refractivity contribution is -0.143. The summed E-state index contributed by atoms with van der Waals surface area (Å²) in [5.41, 5.74) is 2.27. The van der Waals surface area contributed by atoms with Gasteiger partial charge in [-0.05, 0) is 80.4 Å². The van der Waals surface area contributed by atoms with E-state index in [4.69, 9.17) is 4.74 Å². The van der Waals surface area contributed by atoms with Crippen molar-refractivity contribution in [2.75, 3.05) is 12.4 Å². The number of aromatic nitrogens is 1. The van der Waals surface area contributed by atoms with Gasteiger partial charge in [-0.15, -0.1) is 11.3 Å². The standard InChI is InChI=1S/C22H26N2O2S/c1-14-12-27-20(23-14)24-19(25)22-10-15-7-16(11-22)9-21(8-15,13-22)17-3-5-18(26-2)6-4-17/h3-6,12,15-16H,7-11,13H2,1-2H3,(H,23,24,25). The van der Waals surface area contributed by atoms with Crippen LogP contribution in [0.3, 0.4) is 0 Å². The van der Waals surface area contributed by atoms with Crippen molar-refractivity contribution in [3.63, 3.8) is 0 Å². The minimum atomic E-state index is -0.233. The van der Waals surface area contributed by atoms with Gasteiger partial charge in [0.25, 0.3) is 0 Å². The van der Waals surface area contributed by atoms with Gasteiger partial charge in [-0.25, -0.2) is 4.98 Å². The molecule has 4 aliphatic rings. The number of carbonyl (C=O) groups is 1. The van der Waals surface area contributed by atoms with Crippen molar-refractivity contribution in [3.8, 4) is 5.75 Å². The Morgan fingerprint density at radius 1 is 1.19 bits per heavy atom. The zero-order valence-electron chi connectivity index (χ0n) is 16.0. The van der Waals surface area contributed by atoms with Gasteiger partial charge in [-0.1, -0.05) is 12.1 Å². The summed E-state index contributed by atoms with van der Waals surface area (Å²) >= 11 is 1.52. The molecule has 2 atom stereocenters. The first-order chi connectivity index (χ1) is 13.0. The second-order valence-electron chi connectivity index (χ2n) is 9.00. The van der Waals surface area contributed by atoms with E-state index >= 15 is 0 Å². The summed E-state index contributed by atoms with van der Waals surface area (Å²) in [5.74, 6) is 2.42.